The van der Waals surface area contributed by atoms with Crippen molar-refractivity contribution >= 4 is 29.4 Å². The molecule has 2 amide bonds. The van der Waals surface area contributed by atoms with E-state index < -0.39 is 18.0 Å². The highest BCUT2D eigenvalue weighted by Crippen LogP contribution is 2.30. The Balaban J connectivity index is 1.42. The molecule has 8 heteroatoms. The Hall–Kier alpha value is -3.39. The number of hydrogen-bond acceptors (Lipinski definition) is 5. The summed E-state index contributed by atoms with van der Waals surface area (Å²) in [4.78, 5) is 28.9. The minimum absolute atomic E-state index is 0.198. The first-order chi connectivity index (χ1) is 15.5. The van der Waals surface area contributed by atoms with Gasteiger partial charge in [0.1, 0.15) is 11.9 Å². The maximum atomic E-state index is 14.9. The average Bonchev–Trinajstić information content (AvgIpc) is 3.18. The van der Waals surface area contributed by atoms with E-state index in [0.29, 0.717) is 11.3 Å². The third kappa shape index (κ3) is 5.26. The number of carbonyl (C=O) groups excluding carboxylic acids is 2. The maximum Gasteiger partial charge on any atom is 0.414 e. The number of anilines is 1. The summed E-state index contributed by atoms with van der Waals surface area (Å²) >= 11 is 1.64. The van der Waals surface area contributed by atoms with E-state index in [9.17, 15) is 14.0 Å². The highest BCUT2D eigenvalue weighted by Gasteiger charge is 2.32. The van der Waals surface area contributed by atoms with Crippen LogP contribution in [-0.2, 0) is 15.3 Å². The molecule has 32 heavy (non-hydrogen) atoms. The number of nitrogens with one attached hydrogen (secondary N) is 1. The maximum absolute atomic E-state index is 14.9. The van der Waals surface area contributed by atoms with Crippen LogP contribution in [0.25, 0.3) is 11.1 Å². The molecule has 0 bridgehead atoms. The van der Waals surface area contributed by atoms with E-state index in [-0.39, 0.29) is 19.0 Å². The zero-order valence-electron chi connectivity index (χ0n) is 17.5. The molecule has 1 aliphatic heterocycles. The molecular weight excluding hydrogens is 429 g/mol. The molecule has 3 aromatic rings. The Kier molecular flexibility index (Phi) is 6.70. The Bertz CT molecular complexity index is 1110. The molecule has 1 saturated heterocycles. The van der Waals surface area contributed by atoms with Gasteiger partial charge in [0.15, 0.2) is 0 Å². The van der Waals surface area contributed by atoms with E-state index in [0.717, 1.165) is 21.9 Å². The molecule has 164 valence electrons. The van der Waals surface area contributed by atoms with Gasteiger partial charge in [-0.15, -0.1) is 11.8 Å². The molecule has 2 aromatic carbocycles. The van der Waals surface area contributed by atoms with E-state index in [1.54, 1.807) is 30.1 Å². The second kappa shape index (κ2) is 9.82. The van der Waals surface area contributed by atoms with Crippen LogP contribution in [0.5, 0.6) is 0 Å². The second-order valence-electron chi connectivity index (χ2n) is 7.37. The Morgan fingerprint density at radius 3 is 2.72 bits per heavy atom. The normalized spacial score (nSPS) is 15.5. The fraction of sp³-hybridized carbons (Fsp3) is 0.208. The first-order valence-corrected chi connectivity index (χ1v) is 11.1. The summed E-state index contributed by atoms with van der Waals surface area (Å²) in [5, 5.41) is 3.58. The zero-order valence-corrected chi connectivity index (χ0v) is 18.3. The monoisotopic (exact) mass is 451 g/mol. The quantitative estimate of drug-likeness (QED) is 0.530. The van der Waals surface area contributed by atoms with Gasteiger partial charge in [-0.25, -0.2) is 14.2 Å². The van der Waals surface area contributed by atoms with Gasteiger partial charge in [-0.05, 0) is 41.5 Å². The van der Waals surface area contributed by atoms with Crippen molar-refractivity contribution in [1.29, 1.82) is 0 Å². The molecule has 0 aliphatic carbocycles. The molecule has 1 atom stereocenters. The number of cyclic esters (lactones) is 1. The van der Waals surface area contributed by atoms with Crippen LogP contribution < -0.4 is 10.2 Å². The smallest absolute Gasteiger partial charge is 0.414 e. The van der Waals surface area contributed by atoms with Gasteiger partial charge in [0.2, 0.25) is 5.91 Å². The van der Waals surface area contributed by atoms with Crippen molar-refractivity contribution in [2.45, 2.75) is 23.8 Å². The van der Waals surface area contributed by atoms with Crippen LogP contribution in [0.3, 0.4) is 0 Å². The van der Waals surface area contributed by atoms with Gasteiger partial charge in [0.05, 0.1) is 23.8 Å². The van der Waals surface area contributed by atoms with Gasteiger partial charge in [-0.3, -0.25) is 9.69 Å². The first kappa shape index (κ1) is 21.8. The molecule has 1 aliphatic rings. The summed E-state index contributed by atoms with van der Waals surface area (Å²) in [6, 6.07) is 18.2. The number of benzene rings is 2. The van der Waals surface area contributed by atoms with Gasteiger partial charge in [0, 0.05) is 24.4 Å². The SMILES string of the molecule is CC(=O)NC[C@H]1CN(c2ccc(-c3ccc(CSc4ccccn4)cc3)c(F)c2)C(=O)O1. The largest absolute Gasteiger partial charge is 0.442 e. The van der Waals surface area contributed by atoms with E-state index in [4.69, 9.17) is 4.74 Å². The number of halogens is 1. The molecule has 0 saturated carbocycles. The summed E-state index contributed by atoms with van der Waals surface area (Å²) in [6.07, 6.45) is 0.746. The third-order valence-electron chi connectivity index (χ3n) is 5.01. The number of nitrogens with zero attached hydrogens (tertiary/aromatic N) is 2. The number of ether oxygens (including phenoxy) is 1. The van der Waals surface area contributed by atoms with Gasteiger partial charge in [-0.2, -0.15) is 0 Å². The van der Waals surface area contributed by atoms with Crippen molar-refractivity contribution in [3.05, 3.63) is 78.2 Å². The number of aromatic nitrogens is 1. The molecule has 0 radical (unpaired) electrons. The van der Waals surface area contributed by atoms with Gasteiger partial charge in [-0.1, -0.05) is 30.3 Å². The minimum Gasteiger partial charge on any atom is -0.442 e. The highest BCUT2D eigenvalue weighted by atomic mass is 32.2. The van der Waals surface area contributed by atoms with Crippen LogP contribution in [0.15, 0.2) is 71.9 Å². The summed E-state index contributed by atoms with van der Waals surface area (Å²) in [7, 11) is 0. The lowest BCUT2D eigenvalue weighted by molar-refractivity contribution is -0.119. The lowest BCUT2D eigenvalue weighted by Crippen LogP contribution is -2.33. The minimum atomic E-state index is -0.553. The fourth-order valence-electron chi connectivity index (χ4n) is 3.37. The molecule has 1 fully saturated rings. The lowest BCUT2D eigenvalue weighted by atomic mass is 10.0. The molecule has 1 aromatic heterocycles. The van der Waals surface area contributed by atoms with Crippen molar-refractivity contribution in [3.63, 3.8) is 0 Å². The van der Waals surface area contributed by atoms with E-state index in [1.165, 1.54) is 17.9 Å². The van der Waals surface area contributed by atoms with E-state index in [1.807, 2.05) is 42.5 Å². The number of rotatable bonds is 7. The first-order valence-electron chi connectivity index (χ1n) is 10.1. The summed E-state index contributed by atoms with van der Waals surface area (Å²) in [6.45, 7) is 1.87. The van der Waals surface area contributed by atoms with Crippen molar-refractivity contribution < 1.29 is 18.7 Å². The average molecular weight is 452 g/mol. The second-order valence-corrected chi connectivity index (χ2v) is 8.37. The Morgan fingerprint density at radius 2 is 2.03 bits per heavy atom. The zero-order chi connectivity index (χ0) is 22.5. The lowest BCUT2D eigenvalue weighted by Gasteiger charge is -2.14. The molecular formula is C24H22FN3O3S. The summed E-state index contributed by atoms with van der Waals surface area (Å²) in [5.74, 6) is 0.155. The highest BCUT2D eigenvalue weighted by molar-refractivity contribution is 7.98. The fourth-order valence-corrected chi connectivity index (χ4v) is 4.19. The van der Waals surface area contributed by atoms with Crippen molar-refractivity contribution in [3.8, 4) is 11.1 Å². The Labute approximate surface area is 189 Å². The van der Waals surface area contributed by atoms with Crippen LogP contribution in [-0.4, -0.2) is 36.2 Å². The molecule has 2 heterocycles. The van der Waals surface area contributed by atoms with E-state index >= 15 is 0 Å². The molecule has 1 N–H and O–H groups in total. The van der Waals surface area contributed by atoms with Crippen LogP contribution in [0, 0.1) is 5.82 Å². The van der Waals surface area contributed by atoms with Crippen LogP contribution in [0.2, 0.25) is 0 Å². The van der Waals surface area contributed by atoms with Crippen LogP contribution in [0.4, 0.5) is 14.9 Å². The number of pyridine rings is 1. The summed E-state index contributed by atoms with van der Waals surface area (Å²) < 4.78 is 20.1. The van der Waals surface area contributed by atoms with Crippen molar-refractivity contribution in [2.24, 2.45) is 0 Å². The van der Waals surface area contributed by atoms with Crippen LogP contribution >= 0.6 is 11.8 Å². The van der Waals surface area contributed by atoms with E-state index in [2.05, 4.69) is 10.3 Å². The Morgan fingerprint density at radius 1 is 1.22 bits per heavy atom. The van der Waals surface area contributed by atoms with Gasteiger partial charge < -0.3 is 10.1 Å². The molecule has 6 nitrogen and oxygen atoms in total. The summed E-state index contributed by atoms with van der Waals surface area (Å²) in [5.41, 5.74) is 2.75. The molecule has 4 rings (SSSR count). The van der Waals surface area contributed by atoms with Crippen molar-refractivity contribution in [2.75, 3.05) is 18.0 Å². The number of hydrogen-bond donors (Lipinski definition) is 1. The van der Waals surface area contributed by atoms with Gasteiger partial charge in [0.25, 0.3) is 0 Å². The number of amides is 2. The van der Waals surface area contributed by atoms with Gasteiger partial charge >= 0.3 is 6.09 Å². The topological polar surface area (TPSA) is 71.5 Å². The van der Waals surface area contributed by atoms with Crippen LogP contribution in [0.1, 0.15) is 12.5 Å². The predicted octanol–water partition coefficient (Wildman–Crippen LogP) is 4.64. The van der Waals surface area contributed by atoms with Crippen molar-refractivity contribution in [1.82, 2.24) is 10.3 Å². The third-order valence-corrected chi connectivity index (χ3v) is 6.02. The predicted molar refractivity (Wildman–Crippen MR) is 122 cm³/mol. The number of carbonyl (C=O) groups is 2. The molecule has 0 spiro atoms. The number of thioether (sulfide) groups is 1. The standard InChI is InChI=1S/C24H22FN3O3S/c1-16(29)27-13-20-14-28(24(30)31-20)19-9-10-21(22(25)12-19)18-7-5-17(6-8-18)15-32-23-4-2-3-11-26-23/h2-12,20H,13-15H2,1H3,(H,27,29)/t20-/m0/s1. The molecule has 0 unspecified atom stereocenters.